The van der Waals surface area contributed by atoms with E-state index < -0.39 is 37.9 Å². The lowest BCUT2D eigenvalue weighted by Gasteiger charge is -2.38. The molecule has 74 heavy (non-hydrogen) atoms. The van der Waals surface area contributed by atoms with E-state index in [1.54, 1.807) is 11.9 Å². The highest BCUT2D eigenvalue weighted by Gasteiger charge is 2.51. The number of aromatic amines is 1. The number of nitrogen functional groups attached to an aromatic ring is 1. The number of nitrogens with one attached hydrogen (secondary N) is 5. The number of fused-ring (bicyclic) bond motifs is 6. The quantitative estimate of drug-likeness (QED) is 0.0573. The van der Waals surface area contributed by atoms with Gasteiger partial charge in [0.25, 0.3) is 19.3 Å². The van der Waals surface area contributed by atoms with Crippen molar-refractivity contribution in [2.45, 2.75) is 140 Å². The number of aliphatic hydroxyl groups excluding tert-OH is 1. The Morgan fingerprint density at radius 3 is 2.54 bits per heavy atom. The number of unbranched alkanes of at least 4 members (excludes halogenated alkanes) is 3. The molecule has 0 bridgehead atoms. The van der Waals surface area contributed by atoms with Crippen LogP contribution >= 0.6 is 7.82 Å². The van der Waals surface area contributed by atoms with Crippen molar-refractivity contribution in [1.29, 1.82) is 0 Å². The summed E-state index contributed by atoms with van der Waals surface area (Å²) in [5.41, 5.74) is 11.9. The first kappa shape index (κ1) is 51.3. The van der Waals surface area contributed by atoms with Gasteiger partial charge in [0.15, 0.2) is 22.9 Å². The van der Waals surface area contributed by atoms with Gasteiger partial charge in [-0.25, -0.2) is 9.98 Å². The van der Waals surface area contributed by atoms with E-state index in [1.165, 1.54) is 15.7 Å². The van der Waals surface area contributed by atoms with Crippen molar-refractivity contribution >= 4 is 54.0 Å². The van der Waals surface area contributed by atoms with E-state index in [0.29, 0.717) is 49.9 Å². The number of imidazole rings is 1. The molecule has 7 heterocycles. The zero-order valence-corrected chi connectivity index (χ0v) is 43.9. The summed E-state index contributed by atoms with van der Waals surface area (Å²) in [6.45, 7) is 14.4. The summed E-state index contributed by atoms with van der Waals surface area (Å²) >= 11 is 0. The number of H-pyrrole nitrogens is 1. The van der Waals surface area contributed by atoms with Crippen molar-refractivity contribution in [1.82, 2.24) is 29.7 Å². The van der Waals surface area contributed by atoms with Gasteiger partial charge in [0.05, 0.1) is 12.7 Å². The number of ether oxygens (including phenoxy) is 2. The first-order chi connectivity index (χ1) is 35.2. The monoisotopic (exact) mass is 1030 g/mol. The van der Waals surface area contributed by atoms with Crippen molar-refractivity contribution in [2.75, 3.05) is 49.7 Å². The number of carbonyl (C=O) groups is 2. The molecular weight excluding hydrogens is 968 g/mol. The molecule has 21 heteroatoms. The van der Waals surface area contributed by atoms with Crippen LogP contribution in [0.5, 0.6) is 11.5 Å². The third-order valence-electron chi connectivity index (χ3n) is 14.9. The van der Waals surface area contributed by atoms with Crippen molar-refractivity contribution in [3.05, 3.63) is 97.3 Å². The van der Waals surface area contributed by atoms with E-state index in [0.717, 1.165) is 76.6 Å². The van der Waals surface area contributed by atoms with E-state index in [-0.39, 0.29) is 59.0 Å². The predicted molar refractivity (Wildman–Crippen MR) is 275 cm³/mol. The van der Waals surface area contributed by atoms with E-state index in [4.69, 9.17) is 24.3 Å². The maximum atomic E-state index is 14.5. The number of hydrogen-bond donors (Lipinski definition) is 7. The van der Waals surface area contributed by atoms with E-state index in [2.05, 4.69) is 102 Å². The molecule has 2 amide bonds. The zero-order chi connectivity index (χ0) is 52.4. The molecule has 394 valence electrons. The van der Waals surface area contributed by atoms with Gasteiger partial charge in [-0.05, 0) is 94.5 Å². The van der Waals surface area contributed by atoms with Crippen LogP contribution in [-0.2, 0) is 23.1 Å². The second-order valence-corrected chi connectivity index (χ2v) is 23.3. The van der Waals surface area contributed by atoms with Crippen LogP contribution in [-0.4, -0.2) is 104 Å². The molecule has 5 aliphatic heterocycles. The maximum absolute atomic E-state index is 14.5. The smallest absolute Gasteiger partial charge is 0.280 e. The summed E-state index contributed by atoms with van der Waals surface area (Å²) in [5, 5.41) is 23.1. The molecular formula is C53H67N10O10P. The number of phosphoric ester groups is 1. The summed E-state index contributed by atoms with van der Waals surface area (Å²) in [5.74, 6) is 1.89. The summed E-state index contributed by atoms with van der Waals surface area (Å²) in [6, 6.07) is 16.6. The number of aromatic nitrogens is 4. The van der Waals surface area contributed by atoms with Gasteiger partial charge in [0.1, 0.15) is 29.8 Å². The normalized spacial score (nSPS) is 25.0. The average molecular weight is 1040 g/mol. The molecule has 2 fully saturated rings. The van der Waals surface area contributed by atoms with Gasteiger partial charge in [-0.15, -0.1) is 0 Å². The Hall–Kier alpha value is -6.15. The fraction of sp³-hybridized carbons (Fsp3) is 0.509. The summed E-state index contributed by atoms with van der Waals surface area (Å²) in [7, 11) is -2.84. The number of aliphatic hydroxyl groups is 1. The Kier molecular flexibility index (Phi) is 13.8. The lowest BCUT2D eigenvalue weighted by Crippen LogP contribution is -2.90. The molecule has 0 radical (unpaired) electrons. The van der Waals surface area contributed by atoms with Gasteiger partial charge in [-0.1, -0.05) is 44.9 Å². The van der Waals surface area contributed by atoms with Crippen molar-refractivity contribution in [2.24, 2.45) is 0 Å². The first-order valence-corrected chi connectivity index (χ1v) is 27.2. The number of anilines is 3. The van der Waals surface area contributed by atoms with Gasteiger partial charge >= 0.3 is 0 Å². The number of phosphoric acid groups is 1. The lowest BCUT2D eigenvalue weighted by atomic mass is 9.79. The number of nitrogens with zero attached hydrogens (tertiary/aromatic N) is 4. The van der Waals surface area contributed by atoms with Crippen LogP contribution in [0.25, 0.3) is 16.7 Å². The maximum Gasteiger partial charge on any atom is 0.280 e. The zero-order valence-electron chi connectivity index (χ0n) is 43.0. The van der Waals surface area contributed by atoms with Crippen molar-refractivity contribution < 1.29 is 47.7 Å². The molecule has 3 aromatic carbocycles. The van der Waals surface area contributed by atoms with Gasteiger partial charge in [-0.3, -0.25) is 28.5 Å². The van der Waals surface area contributed by atoms with E-state index in [1.807, 2.05) is 24.3 Å². The molecule has 0 saturated carbocycles. The van der Waals surface area contributed by atoms with Gasteiger partial charge in [-0.2, -0.15) is 4.98 Å². The molecule has 5 aromatic rings. The molecule has 20 nitrogen and oxygen atoms in total. The fourth-order valence-corrected chi connectivity index (χ4v) is 12.6. The second kappa shape index (κ2) is 19.8. The minimum absolute atomic E-state index is 0.0365. The Bertz CT molecular complexity index is 3280. The van der Waals surface area contributed by atoms with E-state index in [9.17, 15) is 28.9 Å². The number of amides is 2. The number of benzene rings is 3. The number of rotatable bonds is 15. The summed E-state index contributed by atoms with van der Waals surface area (Å²) < 4.78 is 35.9. The van der Waals surface area contributed by atoms with Crippen LogP contribution in [0, 0.1) is 0 Å². The first-order valence-electron chi connectivity index (χ1n) is 25.7. The third-order valence-corrected chi connectivity index (χ3v) is 15.8. The highest BCUT2D eigenvalue weighted by molar-refractivity contribution is 7.45. The molecule has 0 spiro atoms. The molecule has 2 aromatic heterocycles. The summed E-state index contributed by atoms with van der Waals surface area (Å²) in [6.07, 6.45) is 0.965. The molecule has 8 N–H and O–H groups in total. The molecule has 10 rings (SSSR count). The van der Waals surface area contributed by atoms with Crippen molar-refractivity contribution in [3.63, 3.8) is 0 Å². The standard InChI is InChI=1S/C53H67N10O10P/c1-28-25-52(3,4)60-36-23-38-34(21-32(28)36)42(35-22-33-29(2)26-53(5,6)61-37(33)24-39(35)71-38)30-15-10-11-16-31(30)48(67)62(7)20-14-17-41(64)55-18-12-8-9-13-19-56-51-57-43-46(58-50(54)59-47(43)66)63(51)49-44(65)45-40(72-49)27-70-74(68,69)73-45/h10-11,15-16,21-24,28-29,40,44-45,49,60,65H,8-9,12-14,17-20,25-27H2,1-7H3,(H,55,64)(H,56,57)(H,68,69)(H3,54,58,59,66)/t28?,29?,40-,44-,45-,49-/m1/s1. The number of carbonyl (C=O) groups excluding carboxylic acids is 2. The average Bonchev–Trinajstić information content (AvgIpc) is 3.84. The fourth-order valence-electron chi connectivity index (χ4n) is 11.6. The summed E-state index contributed by atoms with van der Waals surface area (Å²) in [4.78, 5) is 68.8. The lowest BCUT2D eigenvalue weighted by molar-refractivity contribution is -0.588. The van der Waals surface area contributed by atoms with Crippen LogP contribution in [0.4, 0.5) is 17.6 Å². The van der Waals surface area contributed by atoms with Gasteiger partial charge in [0.2, 0.25) is 23.2 Å². The van der Waals surface area contributed by atoms with Gasteiger partial charge in [0, 0.05) is 84.3 Å². The Balaban J connectivity index is 0.749. The molecule has 5 aliphatic rings. The van der Waals surface area contributed by atoms with E-state index >= 15 is 0 Å². The molecule has 0 aliphatic carbocycles. The molecule has 3 unspecified atom stereocenters. The largest absolute Gasteiger partial charge is 0.756 e. The van der Waals surface area contributed by atoms with Crippen LogP contribution < -0.4 is 52.4 Å². The van der Waals surface area contributed by atoms with Crippen molar-refractivity contribution in [3.8, 4) is 11.5 Å². The molecule has 7 atom stereocenters. The SMILES string of the molecule is CC1CC(C)(C)Nc2cc3c(cc21)C(c1ccccc1C(=O)N(C)CCCC(=O)NCCCCCCNc1nc2c(=O)[nH]c(N)nc2n1[C@@H]1O[C@@H]2COP(=O)([O-])O[C@H]2[C@H]1O)=c1cc2c(cc1O3)=[NH+]C(C)(C)CC2C. The molecule has 2 saturated heterocycles. The van der Waals surface area contributed by atoms with Crippen LogP contribution in [0.1, 0.15) is 144 Å². The van der Waals surface area contributed by atoms with Crippen LogP contribution in [0.2, 0.25) is 0 Å². The number of hydrogen-bond acceptors (Lipinski definition) is 15. The Morgan fingerprint density at radius 2 is 1.74 bits per heavy atom. The highest BCUT2D eigenvalue weighted by atomic mass is 31.2. The second-order valence-electron chi connectivity index (χ2n) is 21.9. The minimum Gasteiger partial charge on any atom is -0.756 e. The topological polar surface area (TPSA) is 274 Å². The highest BCUT2D eigenvalue weighted by Crippen LogP contribution is 2.50. The Labute approximate surface area is 428 Å². The predicted octanol–water partition coefficient (Wildman–Crippen LogP) is 3.52. The third kappa shape index (κ3) is 10.2. The number of nitrogens with two attached hydrogens (primary N) is 1. The minimum atomic E-state index is -4.63. The Morgan fingerprint density at radius 1 is 0.986 bits per heavy atom. The van der Waals surface area contributed by atoms with Crippen LogP contribution in [0.3, 0.4) is 0 Å². The van der Waals surface area contributed by atoms with Crippen LogP contribution in [0.15, 0.2) is 53.3 Å². The van der Waals surface area contributed by atoms with Gasteiger partial charge < -0.3 is 55.1 Å².